The Hall–Kier alpha value is 0.0700. The minimum Gasteiger partial charge on any atom is -0.330 e. The maximum Gasteiger partial charge on any atom is 0.0888 e. The first kappa shape index (κ1) is 10.1. The zero-order chi connectivity index (χ0) is 8.20. The molecule has 62 valence electrons. The Morgan fingerprint density at radius 2 is 2.10 bits per heavy atom. The molecule has 10 heavy (non-hydrogen) atoms. The molecular weight excluding hydrogens is 148 g/mol. The van der Waals surface area contributed by atoms with Crippen molar-refractivity contribution in [1.29, 1.82) is 0 Å². The lowest BCUT2D eigenvalue weighted by Gasteiger charge is -2.23. The van der Waals surface area contributed by atoms with Crippen molar-refractivity contribution >= 4 is 11.0 Å². The quantitative estimate of drug-likeness (QED) is 0.614. The fourth-order valence-corrected chi connectivity index (χ4v) is 1.68. The van der Waals surface area contributed by atoms with Gasteiger partial charge in [-0.05, 0) is 26.8 Å². The maximum atomic E-state index is 10.7. The SMILES string of the molecule is CS(=O)NC(C)(C)CCN. The average molecular weight is 164 g/mol. The monoisotopic (exact) mass is 164 g/mol. The van der Waals surface area contributed by atoms with Crippen molar-refractivity contribution in [3.8, 4) is 0 Å². The minimum atomic E-state index is -0.942. The highest BCUT2D eigenvalue weighted by molar-refractivity contribution is 7.82. The molecule has 0 spiro atoms. The Kier molecular flexibility index (Phi) is 4.08. The Labute approximate surface area is 65.0 Å². The van der Waals surface area contributed by atoms with Crippen molar-refractivity contribution in [2.45, 2.75) is 25.8 Å². The van der Waals surface area contributed by atoms with Gasteiger partial charge in [-0.25, -0.2) is 8.93 Å². The molecule has 0 aliphatic rings. The molecule has 0 amide bonds. The van der Waals surface area contributed by atoms with Crippen LogP contribution in [0, 0.1) is 0 Å². The summed E-state index contributed by atoms with van der Waals surface area (Å²) < 4.78 is 13.6. The Morgan fingerprint density at radius 3 is 2.40 bits per heavy atom. The van der Waals surface area contributed by atoms with Crippen LogP contribution in [0.3, 0.4) is 0 Å². The molecule has 0 aromatic heterocycles. The molecule has 0 aliphatic carbocycles. The Bertz CT molecular complexity index is 125. The van der Waals surface area contributed by atoms with Crippen LogP contribution in [0.4, 0.5) is 0 Å². The van der Waals surface area contributed by atoms with Crippen LogP contribution in [0.5, 0.6) is 0 Å². The average Bonchev–Trinajstić information content (AvgIpc) is 1.59. The van der Waals surface area contributed by atoms with Crippen molar-refractivity contribution in [2.75, 3.05) is 12.8 Å². The normalized spacial score (nSPS) is 15.2. The Balaban J connectivity index is 3.74. The summed E-state index contributed by atoms with van der Waals surface area (Å²) in [6, 6.07) is 0. The van der Waals surface area contributed by atoms with Gasteiger partial charge in [0, 0.05) is 11.8 Å². The van der Waals surface area contributed by atoms with Gasteiger partial charge in [0.2, 0.25) is 0 Å². The molecule has 3 nitrogen and oxygen atoms in total. The van der Waals surface area contributed by atoms with Gasteiger partial charge in [0.15, 0.2) is 0 Å². The van der Waals surface area contributed by atoms with E-state index in [0.29, 0.717) is 6.54 Å². The minimum absolute atomic E-state index is 0.103. The number of hydrogen-bond donors (Lipinski definition) is 2. The van der Waals surface area contributed by atoms with Gasteiger partial charge >= 0.3 is 0 Å². The van der Waals surface area contributed by atoms with Crippen LogP contribution in [0.15, 0.2) is 0 Å². The predicted octanol–water partition coefficient (Wildman–Crippen LogP) is -0.00310. The Morgan fingerprint density at radius 1 is 1.60 bits per heavy atom. The zero-order valence-corrected chi connectivity index (χ0v) is 7.62. The van der Waals surface area contributed by atoms with Crippen LogP contribution in [0.2, 0.25) is 0 Å². The fraction of sp³-hybridized carbons (Fsp3) is 1.00. The van der Waals surface area contributed by atoms with E-state index in [2.05, 4.69) is 4.72 Å². The summed E-state index contributed by atoms with van der Waals surface area (Å²) in [4.78, 5) is 0. The van der Waals surface area contributed by atoms with E-state index < -0.39 is 11.0 Å². The van der Waals surface area contributed by atoms with Crippen LogP contribution in [-0.2, 0) is 11.0 Å². The highest BCUT2D eigenvalue weighted by atomic mass is 32.2. The van der Waals surface area contributed by atoms with E-state index in [-0.39, 0.29) is 5.54 Å². The summed E-state index contributed by atoms with van der Waals surface area (Å²) in [6.07, 6.45) is 2.46. The molecule has 0 aromatic carbocycles. The van der Waals surface area contributed by atoms with Gasteiger partial charge < -0.3 is 5.73 Å². The van der Waals surface area contributed by atoms with E-state index in [1.165, 1.54) is 0 Å². The van der Waals surface area contributed by atoms with E-state index in [9.17, 15) is 4.21 Å². The zero-order valence-electron chi connectivity index (χ0n) is 6.81. The van der Waals surface area contributed by atoms with Crippen molar-refractivity contribution < 1.29 is 4.21 Å². The molecule has 0 heterocycles. The molecule has 0 fully saturated rings. The molecule has 0 radical (unpaired) electrons. The van der Waals surface area contributed by atoms with Gasteiger partial charge in [0.25, 0.3) is 0 Å². The molecular formula is C6H16N2OS. The first-order chi connectivity index (χ1) is 4.48. The molecule has 0 aromatic rings. The summed E-state index contributed by atoms with van der Waals surface area (Å²) in [5.74, 6) is 0. The standard InChI is InChI=1S/C6H16N2OS/c1-6(2,4-5-7)8-10(3)9/h8H,4-5,7H2,1-3H3. The number of nitrogens with one attached hydrogen (secondary N) is 1. The van der Waals surface area contributed by atoms with Crippen LogP contribution < -0.4 is 10.5 Å². The van der Waals surface area contributed by atoms with E-state index >= 15 is 0 Å². The molecule has 0 rings (SSSR count). The molecule has 4 heteroatoms. The first-order valence-electron chi connectivity index (χ1n) is 3.29. The molecule has 0 saturated carbocycles. The lowest BCUT2D eigenvalue weighted by atomic mass is 10.0. The van der Waals surface area contributed by atoms with Crippen molar-refractivity contribution in [3.63, 3.8) is 0 Å². The molecule has 3 N–H and O–H groups in total. The summed E-state index contributed by atoms with van der Waals surface area (Å²) in [5, 5.41) is 0. The number of hydrogen-bond acceptors (Lipinski definition) is 2. The number of rotatable bonds is 4. The van der Waals surface area contributed by atoms with E-state index in [4.69, 9.17) is 5.73 Å². The second-order valence-electron chi connectivity index (χ2n) is 2.98. The third-order valence-corrected chi connectivity index (χ3v) is 2.03. The molecule has 0 saturated heterocycles. The van der Waals surface area contributed by atoms with Gasteiger partial charge in [-0.3, -0.25) is 0 Å². The molecule has 0 bridgehead atoms. The van der Waals surface area contributed by atoms with Crippen LogP contribution in [0.25, 0.3) is 0 Å². The largest absolute Gasteiger partial charge is 0.330 e. The molecule has 0 aliphatic heterocycles. The topological polar surface area (TPSA) is 55.1 Å². The predicted molar refractivity (Wildman–Crippen MR) is 45.0 cm³/mol. The van der Waals surface area contributed by atoms with Crippen LogP contribution in [-0.4, -0.2) is 22.5 Å². The van der Waals surface area contributed by atoms with Crippen molar-refractivity contribution in [1.82, 2.24) is 4.72 Å². The van der Waals surface area contributed by atoms with Crippen LogP contribution >= 0.6 is 0 Å². The van der Waals surface area contributed by atoms with Gasteiger partial charge in [-0.15, -0.1) is 0 Å². The number of nitrogens with two attached hydrogens (primary N) is 1. The fourth-order valence-electron chi connectivity index (χ4n) is 0.801. The third-order valence-electron chi connectivity index (χ3n) is 1.19. The van der Waals surface area contributed by atoms with E-state index in [0.717, 1.165) is 6.42 Å². The van der Waals surface area contributed by atoms with Crippen molar-refractivity contribution in [3.05, 3.63) is 0 Å². The summed E-state index contributed by atoms with van der Waals surface area (Å²) in [7, 11) is -0.942. The third kappa shape index (κ3) is 4.90. The van der Waals surface area contributed by atoms with Crippen LogP contribution in [0.1, 0.15) is 20.3 Å². The lowest BCUT2D eigenvalue weighted by molar-refractivity contribution is 0.442. The summed E-state index contributed by atoms with van der Waals surface area (Å²) >= 11 is 0. The molecule has 1 unspecified atom stereocenters. The smallest absolute Gasteiger partial charge is 0.0888 e. The van der Waals surface area contributed by atoms with Crippen molar-refractivity contribution in [2.24, 2.45) is 5.73 Å². The highest BCUT2D eigenvalue weighted by Gasteiger charge is 2.16. The first-order valence-corrected chi connectivity index (χ1v) is 4.85. The van der Waals surface area contributed by atoms with Gasteiger partial charge in [0.1, 0.15) is 0 Å². The van der Waals surface area contributed by atoms with E-state index in [1.807, 2.05) is 13.8 Å². The second-order valence-corrected chi connectivity index (χ2v) is 4.09. The van der Waals surface area contributed by atoms with Gasteiger partial charge in [-0.1, -0.05) is 0 Å². The van der Waals surface area contributed by atoms with Gasteiger partial charge in [-0.2, -0.15) is 0 Å². The summed E-state index contributed by atoms with van der Waals surface area (Å²) in [5.41, 5.74) is 5.25. The highest BCUT2D eigenvalue weighted by Crippen LogP contribution is 2.06. The van der Waals surface area contributed by atoms with Gasteiger partial charge in [0.05, 0.1) is 11.0 Å². The second kappa shape index (κ2) is 4.05. The van der Waals surface area contributed by atoms with E-state index in [1.54, 1.807) is 6.26 Å². The lowest BCUT2D eigenvalue weighted by Crippen LogP contribution is -2.41. The molecule has 1 atom stereocenters. The summed E-state index contributed by atoms with van der Waals surface area (Å²) in [6.45, 7) is 4.60. The maximum absolute atomic E-state index is 10.7.